The molecule has 4 aliphatic rings. The highest BCUT2D eigenvalue weighted by atomic mass is 16.7. The fraction of sp³-hybridized carbons (Fsp3) is 0.889. The number of rotatable bonds is 0. The number of hydrogen-bond acceptors (Lipinski definition) is 3. The molecule has 3 saturated carbocycles. The number of fused-ring (bicyclic) bond motifs is 3. The van der Waals surface area contributed by atoms with Gasteiger partial charge in [0.2, 0.25) is 0 Å². The molecule has 4 rings (SSSR count). The van der Waals surface area contributed by atoms with E-state index in [4.69, 9.17) is 9.47 Å². The molecule has 4 fully saturated rings. The second-order valence-electron chi connectivity index (χ2n) is 8.69. The van der Waals surface area contributed by atoms with Gasteiger partial charge in [-0.05, 0) is 48.5 Å². The molecule has 0 unspecified atom stereocenters. The molecular weight excluding hydrogens is 264 g/mol. The van der Waals surface area contributed by atoms with Crippen molar-refractivity contribution < 1.29 is 14.6 Å². The average Bonchev–Trinajstić information content (AvgIpc) is 2.94. The molecule has 1 saturated heterocycles. The van der Waals surface area contributed by atoms with Gasteiger partial charge in [-0.25, -0.2) is 0 Å². The van der Waals surface area contributed by atoms with Crippen LogP contribution < -0.4 is 0 Å². The second kappa shape index (κ2) is 4.56. The summed E-state index contributed by atoms with van der Waals surface area (Å²) in [5, 5.41) is 10.4. The maximum Gasteiger partial charge on any atom is 0.168 e. The van der Waals surface area contributed by atoms with Crippen LogP contribution in [0.1, 0.15) is 46.0 Å². The molecule has 0 radical (unpaired) electrons. The van der Waals surface area contributed by atoms with Crippen LogP contribution in [0.25, 0.3) is 0 Å². The summed E-state index contributed by atoms with van der Waals surface area (Å²) in [6, 6.07) is 0. The van der Waals surface area contributed by atoms with Gasteiger partial charge in [0, 0.05) is 18.3 Å². The number of ether oxygens (including phenoxy) is 2. The zero-order valence-corrected chi connectivity index (χ0v) is 13.3. The van der Waals surface area contributed by atoms with Gasteiger partial charge in [-0.15, -0.1) is 0 Å². The quantitative estimate of drug-likeness (QED) is 0.697. The Bertz CT molecular complexity index is 445. The lowest BCUT2D eigenvalue weighted by Crippen LogP contribution is -2.47. The Labute approximate surface area is 127 Å². The average molecular weight is 292 g/mol. The predicted molar refractivity (Wildman–Crippen MR) is 80.6 cm³/mol. The lowest BCUT2D eigenvalue weighted by atomic mass is 9.73. The third-order valence-electron chi connectivity index (χ3n) is 6.47. The van der Waals surface area contributed by atoms with Crippen LogP contribution in [0.15, 0.2) is 12.2 Å². The van der Waals surface area contributed by atoms with Crippen LogP contribution in [0.2, 0.25) is 0 Å². The van der Waals surface area contributed by atoms with Crippen LogP contribution in [0, 0.1) is 29.1 Å². The lowest BCUT2D eigenvalue weighted by molar-refractivity contribution is -0.298. The molecule has 0 aromatic rings. The van der Waals surface area contributed by atoms with E-state index in [0.717, 1.165) is 44.5 Å². The van der Waals surface area contributed by atoms with Gasteiger partial charge in [0.1, 0.15) is 0 Å². The van der Waals surface area contributed by atoms with E-state index in [1.165, 1.54) is 6.42 Å². The molecule has 21 heavy (non-hydrogen) atoms. The monoisotopic (exact) mass is 292 g/mol. The maximum absolute atomic E-state index is 10.4. The van der Waals surface area contributed by atoms with Gasteiger partial charge in [0.05, 0.1) is 19.3 Å². The first-order valence-electron chi connectivity index (χ1n) is 8.53. The summed E-state index contributed by atoms with van der Waals surface area (Å²) >= 11 is 0. The third-order valence-corrected chi connectivity index (χ3v) is 6.47. The minimum Gasteiger partial charge on any atom is -0.388 e. The van der Waals surface area contributed by atoms with Crippen molar-refractivity contribution in [1.82, 2.24) is 0 Å². The molecule has 0 amide bonds. The first-order chi connectivity index (χ1) is 9.89. The molecule has 3 aliphatic carbocycles. The second-order valence-corrected chi connectivity index (χ2v) is 8.69. The summed E-state index contributed by atoms with van der Waals surface area (Å²) < 4.78 is 12.4. The van der Waals surface area contributed by atoms with Gasteiger partial charge in [-0.1, -0.05) is 20.4 Å². The first kappa shape index (κ1) is 14.2. The van der Waals surface area contributed by atoms with E-state index < -0.39 is 0 Å². The summed E-state index contributed by atoms with van der Waals surface area (Å²) in [4.78, 5) is 0. The third kappa shape index (κ3) is 2.20. The Balaban J connectivity index is 1.48. The molecule has 1 heterocycles. The topological polar surface area (TPSA) is 38.7 Å². The van der Waals surface area contributed by atoms with Crippen LogP contribution in [0.3, 0.4) is 0 Å². The Morgan fingerprint density at radius 1 is 1.10 bits per heavy atom. The molecule has 3 nitrogen and oxygen atoms in total. The van der Waals surface area contributed by atoms with Gasteiger partial charge < -0.3 is 14.6 Å². The van der Waals surface area contributed by atoms with Crippen molar-refractivity contribution in [3.8, 4) is 0 Å². The molecule has 3 heteroatoms. The predicted octanol–water partition coefficient (Wildman–Crippen LogP) is 3.13. The van der Waals surface area contributed by atoms with Gasteiger partial charge in [-0.2, -0.15) is 0 Å². The van der Waals surface area contributed by atoms with Crippen molar-refractivity contribution in [2.24, 2.45) is 29.1 Å². The van der Waals surface area contributed by atoms with Crippen molar-refractivity contribution in [2.75, 3.05) is 13.2 Å². The Morgan fingerprint density at radius 3 is 2.52 bits per heavy atom. The van der Waals surface area contributed by atoms with E-state index in [2.05, 4.69) is 20.4 Å². The molecule has 0 aromatic carbocycles. The van der Waals surface area contributed by atoms with Crippen LogP contribution >= 0.6 is 0 Å². The zero-order valence-electron chi connectivity index (χ0n) is 13.3. The summed E-state index contributed by atoms with van der Waals surface area (Å²) in [6.45, 7) is 10.1. The van der Waals surface area contributed by atoms with Crippen LogP contribution in [-0.2, 0) is 9.47 Å². The van der Waals surface area contributed by atoms with Crippen molar-refractivity contribution in [3.63, 3.8) is 0 Å². The molecule has 0 aromatic heterocycles. The Kier molecular flexibility index (Phi) is 3.09. The molecular formula is C18H28O3. The first-order valence-corrected chi connectivity index (χ1v) is 8.53. The summed E-state index contributed by atoms with van der Waals surface area (Å²) in [7, 11) is 0. The smallest absolute Gasteiger partial charge is 0.168 e. The minimum absolute atomic E-state index is 0.143. The highest BCUT2D eigenvalue weighted by Crippen LogP contribution is 2.60. The largest absolute Gasteiger partial charge is 0.388 e. The van der Waals surface area contributed by atoms with Gasteiger partial charge in [0.15, 0.2) is 5.79 Å². The van der Waals surface area contributed by atoms with Crippen molar-refractivity contribution in [1.29, 1.82) is 0 Å². The zero-order chi connectivity index (χ0) is 14.8. The fourth-order valence-corrected chi connectivity index (χ4v) is 5.33. The molecule has 118 valence electrons. The van der Waals surface area contributed by atoms with Gasteiger partial charge in [0.25, 0.3) is 0 Å². The molecule has 1 aliphatic heterocycles. The maximum atomic E-state index is 10.4. The van der Waals surface area contributed by atoms with E-state index in [0.29, 0.717) is 23.7 Å². The standard InChI is InChI=1S/C18H28O3/c1-11-4-5-13-14(16(11)19)6-12-7-18(8-15(12)13)20-9-17(2,3)10-21-18/h12-16,19H,1,4-10H2,2-3H3/t12-,13+,14-,15+,16+/m0/s1. The number of aliphatic hydroxyl groups excluding tert-OH is 1. The number of hydrogen-bond donors (Lipinski definition) is 1. The number of aliphatic hydroxyl groups is 1. The van der Waals surface area contributed by atoms with Crippen molar-refractivity contribution in [2.45, 2.75) is 57.8 Å². The van der Waals surface area contributed by atoms with Crippen molar-refractivity contribution >= 4 is 0 Å². The van der Waals surface area contributed by atoms with Crippen LogP contribution in [0.5, 0.6) is 0 Å². The van der Waals surface area contributed by atoms with Crippen molar-refractivity contribution in [3.05, 3.63) is 12.2 Å². The summed E-state index contributed by atoms with van der Waals surface area (Å²) in [5.41, 5.74) is 1.20. The minimum atomic E-state index is -0.310. The van der Waals surface area contributed by atoms with Crippen LogP contribution in [-0.4, -0.2) is 30.2 Å². The summed E-state index contributed by atoms with van der Waals surface area (Å²) in [6.07, 6.45) is 5.12. The van der Waals surface area contributed by atoms with E-state index in [1.54, 1.807) is 0 Å². The molecule has 0 bridgehead atoms. The Hall–Kier alpha value is -0.380. The fourth-order valence-electron chi connectivity index (χ4n) is 5.33. The molecule has 1 N–H and O–H groups in total. The normalized spacial score (nSPS) is 47.4. The SMILES string of the molecule is C=C1CC[C@H]2[C@@H]3CC4(C[C@@H]3C[C@@H]2[C@@H]1O)OCC(C)(C)CO4. The Morgan fingerprint density at radius 2 is 1.81 bits per heavy atom. The molecule has 1 spiro atoms. The van der Waals surface area contributed by atoms with Crippen LogP contribution in [0.4, 0.5) is 0 Å². The molecule has 5 atom stereocenters. The van der Waals surface area contributed by atoms with Gasteiger partial charge >= 0.3 is 0 Å². The van der Waals surface area contributed by atoms with E-state index in [1.807, 2.05) is 0 Å². The lowest BCUT2D eigenvalue weighted by Gasteiger charge is -2.43. The summed E-state index contributed by atoms with van der Waals surface area (Å²) in [5.74, 6) is 2.13. The van der Waals surface area contributed by atoms with E-state index >= 15 is 0 Å². The van der Waals surface area contributed by atoms with Gasteiger partial charge in [-0.3, -0.25) is 0 Å². The highest BCUT2D eigenvalue weighted by Gasteiger charge is 2.58. The van der Waals surface area contributed by atoms with E-state index in [9.17, 15) is 5.11 Å². The highest BCUT2D eigenvalue weighted by molar-refractivity contribution is 5.14. The van der Waals surface area contributed by atoms with E-state index in [-0.39, 0.29) is 17.3 Å².